The van der Waals surface area contributed by atoms with Gasteiger partial charge < -0.3 is 9.84 Å². The van der Waals surface area contributed by atoms with Crippen molar-refractivity contribution >= 4 is 5.97 Å². The van der Waals surface area contributed by atoms with Gasteiger partial charge in [-0.2, -0.15) is 0 Å². The summed E-state index contributed by atoms with van der Waals surface area (Å²) in [5.74, 6) is 0.397. The Balaban J connectivity index is 2.70. The number of hydrogen-bond donors (Lipinski definition) is 1. The van der Waals surface area contributed by atoms with Gasteiger partial charge in [-0.1, -0.05) is 13.3 Å². The monoisotopic (exact) mass is 214 g/mol. The van der Waals surface area contributed by atoms with Crippen LogP contribution < -0.4 is 0 Å². The number of aliphatic hydroxyl groups is 1. The van der Waals surface area contributed by atoms with Crippen molar-refractivity contribution in [3.63, 3.8) is 0 Å². The molecule has 1 aliphatic rings. The van der Waals surface area contributed by atoms with Crippen molar-refractivity contribution in [2.24, 2.45) is 11.8 Å². The van der Waals surface area contributed by atoms with Crippen LogP contribution in [0.3, 0.4) is 0 Å². The maximum Gasteiger partial charge on any atom is 0.302 e. The average molecular weight is 214 g/mol. The van der Waals surface area contributed by atoms with Crippen LogP contribution in [0.15, 0.2) is 0 Å². The van der Waals surface area contributed by atoms with Gasteiger partial charge in [-0.3, -0.25) is 4.79 Å². The van der Waals surface area contributed by atoms with Crippen LogP contribution in [0, 0.1) is 11.8 Å². The number of carbonyl (C=O) groups is 1. The predicted molar refractivity (Wildman–Crippen MR) is 58.4 cm³/mol. The highest BCUT2D eigenvalue weighted by molar-refractivity contribution is 5.66. The fraction of sp³-hybridized carbons (Fsp3) is 0.917. The van der Waals surface area contributed by atoms with Crippen LogP contribution in [0.1, 0.15) is 47.0 Å². The van der Waals surface area contributed by atoms with E-state index in [1.165, 1.54) is 6.92 Å². The van der Waals surface area contributed by atoms with Gasteiger partial charge in [-0.05, 0) is 32.6 Å². The Bertz CT molecular complexity index is 230. The Labute approximate surface area is 91.8 Å². The fourth-order valence-corrected chi connectivity index (χ4v) is 2.48. The molecular formula is C12H22O3. The van der Waals surface area contributed by atoms with Gasteiger partial charge in [0.2, 0.25) is 0 Å². The third-order valence-corrected chi connectivity index (χ3v) is 3.28. The SMILES string of the molecule is CC(=O)O[C@@H]1C[C@@H](C)CC[C@@H]1C(C)(C)O. The maximum absolute atomic E-state index is 11.0. The third-order valence-electron chi connectivity index (χ3n) is 3.28. The Hall–Kier alpha value is -0.570. The van der Waals surface area contributed by atoms with Crippen molar-refractivity contribution in [3.8, 4) is 0 Å². The lowest BCUT2D eigenvalue weighted by atomic mass is 9.73. The summed E-state index contributed by atoms with van der Waals surface area (Å²) in [5, 5.41) is 10.0. The molecule has 0 spiro atoms. The summed E-state index contributed by atoms with van der Waals surface area (Å²) < 4.78 is 5.30. The summed E-state index contributed by atoms with van der Waals surface area (Å²) in [6.07, 6.45) is 2.79. The van der Waals surface area contributed by atoms with Gasteiger partial charge in [0.15, 0.2) is 0 Å². The van der Waals surface area contributed by atoms with E-state index in [9.17, 15) is 9.90 Å². The van der Waals surface area contributed by atoms with Gasteiger partial charge in [-0.25, -0.2) is 0 Å². The van der Waals surface area contributed by atoms with Crippen LogP contribution in [0.2, 0.25) is 0 Å². The lowest BCUT2D eigenvalue weighted by Gasteiger charge is -2.40. The number of esters is 1. The average Bonchev–Trinajstić information content (AvgIpc) is 1.99. The molecule has 3 nitrogen and oxygen atoms in total. The summed E-state index contributed by atoms with van der Waals surface area (Å²) in [6, 6.07) is 0. The van der Waals surface area contributed by atoms with E-state index in [1.54, 1.807) is 13.8 Å². The van der Waals surface area contributed by atoms with E-state index in [2.05, 4.69) is 6.92 Å². The first-order valence-corrected chi connectivity index (χ1v) is 5.70. The van der Waals surface area contributed by atoms with Crippen molar-refractivity contribution < 1.29 is 14.6 Å². The molecule has 15 heavy (non-hydrogen) atoms. The van der Waals surface area contributed by atoms with Crippen LogP contribution in [0.5, 0.6) is 0 Å². The maximum atomic E-state index is 11.0. The Morgan fingerprint density at radius 1 is 1.40 bits per heavy atom. The van der Waals surface area contributed by atoms with Crippen LogP contribution in [0.4, 0.5) is 0 Å². The van der Waals surface area contributed by atoms with E-state index >= 15 is 0 Å². The van der Waals surface area contributed by atoms with E-state index in [1.807, 2.05) is 0 Å². The molecule has 1 N–H and O–H groups in total. The molecule has 0 aromatic carbocycles. The van der Waals surface area contributed by atoms with Crippen LogP contribution in [-0.2, 0) is 9.53 Å². The number of ether oxygens (including phenoxy) is 1. The summed E-state index contributed by atoms with van der Waals surface area (Å²) in [6.45, 7) is 7.19. The van der Waals surface area contributed by atoms with Crippen LogP contribution in [0.25, 0.3) is 0 Å². The predicted octanol–water partition coefficient (Wildman–Crippen LogP) is 2.13. The van der Waals surface area contributed by atoms with Crippen molar-refractivity contribution in [3.05, 3.63) is 0 Å². The van der Waals surface area contributed by atoms with E-state index in [0.29, 0.717) is 5.92 Å². The highest BCUT2D eigenvalue weighted by Crippen LogP contribution is 2.37. The number of carbonyl (C=O) groups excluding carboxylic acids is 1. The smallest absolute Gasteiger partial charge is 0.302 e. The molecule has 1 saturated carbocycles. The molecule has 88 valence electrons. The van der Waals surface area contributed by atoms with Crippen LogP contribution >= 0.6 is 0 Å². The van der Waals surface area contributed by atoms with Gasteiger partial charge in [-0.15, -0.1) is 0 Å². The first-order valence-electron chi connectivity index (χ1n) is 5.70. The molecule has 0 bridgehead atoms. The zero-order valence-electron chi connectivity index (χ0n) is 10.1. The van der Waals surface area contributed by atoms with Crippen molar-refractivity contribution in [2.45, 2.75) is 58.7 Å². The summed E-state index contributed by atoms with van der Waals surface area (Å²) in [5.41, 5.74) is -0.764. The molecule has 1 aliphatic carbocycles. The molecule has 3 atom stereocenters. The topological polar surface area (TPSA) is 46.5 Å². The molecule has 0 aromatic heterocycles. The minimum absolute atomic E-state index is 0.0672. The molecule has 0 aliphatic heterocycles. The minimum Gasteiger partial charge on any atom is -0.462 e. The molecule has 0 amide bonds. The van der Waals surface area contributed by atoms with Crippen molar-refractivity contribution in [1.29, 1.82) is 0 Å². The van der Waals surface area contributed by atoms with Gasteiger partial charge in [0, 0.05) is 12.8 Å². The largest absolute Gasteiger partial charge is 0.462 e. The van der Waals surface area contributed by atoms with Gasteiger partial charge in [0.1, 0.15) is 6.10 Å². The number of hydrogen-bond acceptors (Lipinski definition) is 3. The summed E-state index contributed by atoms with van der Waals surface area (Å²) in [4.78, 5) is 11.0. The van der Waals surface area contributed by atoms with Crippen molar-refractivity contribution in [2.75, 3.05) is 0 Å². The molecule has 0 radical (unpaired) electrons. The lowest BCUT2D eigenvalue weighted by molar-refractivity contribution is -0.159. The Kier molecular flexibility index (Phi) is 3.77. The quantitative estimate of drug-likeness (QED) is 0.716. The van der Waals surface area contributed by atoms with Gasteiger partial charge >= 0.3 is 5.97 Å². The van der Waals surface area contributed by atoms with E-state index in [-0.39, 0.29) is 18.0 Å². The van der Waals surface area contributed by atoms with Gasteiger partial charge in [0.05, 0.1) is 5.60 Å². The fourth-order valence-electron chi connectivity index (χ4n) is 2.48. The summed E-state index contributed by atoms with van der Waals surface area (Å²) >= 11 is 0. The third kappa shape index (κ3) is 3.49. The van der Waals surface area contributed by atoms with Gasteiger partial charge in [0.25, 0.3) is 0 Å². The van der Waals surface area contributed by atoms with E-state index < -0.39 is 5.60 Å². The van der Waals surface area contributed by atoms with Crippen LogP contribution in [-0.4, -0.2) is 22.8 Å². The molecular weight excluding hydrogens is 192 g/mol. The molecule has 0 aromatic rings. The molecule has 0 heterocycles. The molecule has 1 rings (SSSR count). The molecule has 1 fully saturated rings. The first-order chi connectivity index (χ1) is 6.80. The second-order valence-electron chi connectivity index (χ2n) is 5.33. The molecule has 0 saturated heterocycles. The Morgan fingerprint density at radius 2 is 2.00 bits per heavy atom. The zero-order valence-corrected chi connectivity index (χ0v) is 10.1. The van der Waals surface area contributed by atoms with Crippen molar-refractivity contribution in [1.82, 2.24) is 0 Å². The van der Waals surface area contributed by atoms with E-state index in [4.69, 9.17) is 4.74 Å². The first kappa shape index (κ1) is 12.5. The highest BCUT2D eigenvalue weighted by Gasteiger charge is 2.39. The zero-order chi connectivity index (χ0) is 11.6. The number of rotatable bonds is 2. The lowest BCUT2D eigenvalue weighted by Crippen LogP contribution is -2.44. The standard InChI is InChI=1S/C12H22O3/c1-8-5-6-10(12(3,4)14)11(7-8)15-9(2)13/h8,10-11,14H,5-7H2,1-4H3/t8-,10-,11+/m0/s1. The minimum atomic E-state index is -0.764. The second kappa shape index (κ2) is 4.52. The Morgan fingerprint density at radius 3 is 2.47 bits per heavy atom. The highest BCUT2D eigenvalue weighted by atomic mass is 16.5. The molecule has 3 heteroatoms. The normalized spacial score (nSPS) is 32.5. The summed E-state index contributed by atoms with van der Waals surface area (Å²) in [7, 11) is 0. The van der Waals surface area contributed by atoms with E-state index in [0.717, 1.165) is 19.3 Å². The molecule has 0 unspecified atom stereocenters. The second-order valence-corrected chi connectivity index (χ2v) is 5.33.